The van der Waals surface area contributed by atoms with Gasteiger partial charge < -0.3 is 10.6 Å². The largest absolute Gasteiger partial charge is 0.316 e. The van der Waals surface area contributed by atoms with E-state index in [1.165, 1.54) is 64.6 Å². The number of rotatable bonds is 5. The van der Waals surface area contributed by atoms with Crippen LogP contribution >= 0.6 is 0 Å². The van der Waals surface area contributed by atoms with Crippen molar-refractivity contribution in [3.05, 3.63) is 0 Å². The van der Waals surface area contributed by atoms with Crippen LogP contribution in [-0.4, -0.2) is 25.7 Å². The third kappa shape index (κ3) is 3.25. The highest BCUT2D eigenvalue weighted by Crippen LogP contribution is 2.18. The highest BCUT2D eigenvalue weighted by molar-refractivity contribution is 4.75. The Morgan fingerprint density at radius 2 is 2.00 bits per heavy atom. The summed E-state index contributed by atoms with van der Waals surface area (Å²) in [6.45, 7) is 3.77. The molecule has 2 rings (SSSR count). The van der Waals surface area contributed by atoms with E-state index in [1.807, 2.05) is 0 Å². The summed E-state index contributed by atoms with van der Waals surface area (Å²) >= 11 is 0. The maximum absolute atomic E-state index is 3.69. The lowest BCUT2D eigenvalue weighted by Gasteiger charge is -2.13. The van der Waals surface area contributed by atoms with Crippen molar-refractivity contribution in [3.8, 4) is 0 Å². The van der Waals surface area contributed by atoms with Crippen LogP contribution in [0, 0.1) is 5.92 Å². The van der Waals surface area contributed by atoms with Gasteiger partial charge in [0.2, 0.25) is 0 Å². The predicted molar refractivity (Wildman–Crippen MR) is 60.5 cm³/mol. The zero-order valence-electron chi connectivity index (χ0n) is 9.23. The van der Waals surface area contributed by atoms with Crippen LogP contribution in [0.2, 0.25) is 0 Å². The van der Waals surface area contributed by atoms with Crippen LogP contribution in [0.4, 0.5) is 0 Å². The van der Waals surface area contributed by atoms with Gasteiger partial charge in [0.15, 0.2) is 0 Å². The molecule has 2 heteroatoms. The van der Waals surface area contributed by atoms with E-state index in [-0.39, 0.29) is 0 Å². The maximum atomic E-state index is 3.69. The number of nitrogens with one attached hydrogen (secondary N) is 2. The molecule has 1 aliphatic carbocycles. The van der Waals surface area contributed by atoms with E-state index in [1.54, 1.807) is 0 Å². The van der Waals surface area contributed by atoms with Crippen LogP contribution in [0.5, 0.6) is 0 Å². The Balaban J connectivity index is 1.46. The molecule has 0 radical (unpaired) electrons. The summed E-state index contributed by atoms with van der Waals surface area (Å²) < 4.78 is 0. The average Bonchev–Trinajstić information content (AvgIpc) is 2.86. The lowest BCUT2D eigenvalue weighted by Crippen LogP contribution is -2.27. The van der Waals surface area contributed by atoms with Crippen molar-refractivity contribution in [1.29, 1.82) is 0 Å². The van der Waals surface area contributed by atoms with E-state index in [4.69, 9.17) is 0 Å². The first-order valence-electron chi connectivity index (χ1n) is 6.39. The van der Waals surface area contributed by atoms with Gasteiger partial charge >= 0.3 is 0 Å². The standard InChI is InChI=1S/C12H24N2/c1-2-6-12(5-1)14-8-3-4-11-7-9-13-10-11/h11-14H,1-10H2. The molecule has 1 unspecified atom stereocenters. The summed E-state index contributed by atoms with van der Waals surface area (Å²) in [7, 11) is 0. The van der Waals surface area contributed by atoms with Gasteiger partial charge in [-0.05, 0) is 57.7 Å². The van der Waals surface area contributed by atoms with Gasteiger partial charge in [-0.25, -0.2) is 0 Å². The molecule has 14 heavy (non-hydrogen) atoms. The van der Waals surface area contributed by atoms with Crippen molar-refractivity contribution in [1.82, 2.24) is 10.6 Å². The molecule has 0 aromatic rings. The highest BCUT2D eigenvalue weighted by atomic mass is 14.9. The van der Waals surface area contributed by atoms with Crippen LogP contribution in [-0.2, 0) is 0 Å². The molecule has 1 saturated heterocycles. The predicted octanol–water partition coefficient (Wildman–Crippen LogP) is 1.91. The normalized spacial score (nSPS) is 28.7. The maximum Gasteiger partial charge on any atom is 0.00670 e. The summed E-state index contributed by atoms with van der Waals surface area (Å²) in [6, 6.07) is 0.858. The minimum atomic E-state index is 0.858. The topological polar surface area (TPSA) is 24.1 Å². The van der Waals surface area contributed by atoms with Crippen molar-refractivity contribution >= 4 is 0 Å². The number of hydrogen-bond donors (Lipinski definition) is 2. The smallest absolute Gasteiger partial charge is 0.00670 e. The van der Waals surface area contributed by atoms with Gasteiger partial charge in [0.1, 0.15) is 0 Å². The van der Waals surface area contributed by atoms with Gasteiger partial charge in [-0.2, -0.15) is 0 Å². The summed E-state index contributed by atoms with van der Waals surface area (Å²) in [5, 5.41) is 7.12. The van der Waals surface area contributed by atoms with E-state index in [2.05, 4.69) is 10.6 Å². The van der Waals surface area contributed by atoms with E-state index >= 15 is 0 Å². The molecule has 0 aromatic heterocycles. The van der Waals surface area contributed by atoms with Crippen LogP contribution in [0.1, 0.15) is 44.9 Å². The SMILES string of the molecule is C(CNC1CCCC1)CC1CCNC1. The average molecular weight is 196 g/mol. The van der Waals surface area contributed by atoms with Crippen molar-refractivity contribution in [2.75, 3.05) is 19.6 Å². The van der Waals surface area contributed by atoms with Gasteiger partial charge in [-0.15, -0.1) is 0 Å². The third-order valence-electron chi connectivity index (χ3n) is 3.74. The molecule has 2 nitrogen and oxygen atoms in total. The number of hydrogen-bond acceptors (Lipinski definition) is 2. The molecule has 82 valence electrons. The fourth-order valence-electron chi connectivity index (χ4n) is 2.79. The molecule has 1 aliphatic heterocycles. The quantitative estimate of drug-likeness (QED) is 0.656. The lowest BCUT2D eigenvalue weighted by molar-refractivity contribution is 0.460. The van der Waals surface area contributed by atoms with Gasteiger partial charge in [-0.1, -0.05) is 12.8 Å². The second kappa shape index (κ2) is 5.72. The molecule has 2 aliphatic rings. The Labute approximate surface area is 87.8 Å². The van der Waals surface area contributed by atoms with Crippen LogP contribution < -0.4 is 10.6 Å². The van der Waals surface area contributed by atoms with Crippen molar-refractivity contribution in [3.63, 3.8) is 0 Å². The van der Waals surface area contributed by atoms with Gasteiger partial charge in [0.05, 0.1) is 0 Å². The lowest BCUT2D eigenvalue weighted by atomic mass is 10.0. The van der Waals surface area contributed by atoms with Gasteiger partial charge in [0, 0.05) is 6.04 Å². The summed E-state index contributed by atoms with van der Waals surface area (Å²) in [5.74, 6) is 0.973. The minimum Gasteiger partial charge on any atom is -0.316 e. The zero-order valence-corrected chi connectivity index (χ0v) is 9.23. The fraction of sp³-hybridized carbons (Fsp3) is 1.00. The minimum absolute atomic E-state index is 0.858. The summed E-state index contributed by atoms with van der Waals surface area (Å²) in [4.78, 5) is 0. The van der Waals surface area contributed by atoms with Crippen molar-refractivity contribution in [2.24, 2.45) is 5.92 Å². The molecule has 1 atom stereocenters. The molecule has 2 fully saturated rings. The van der Waals surface area contributed by atoms with E-state index in [0.717, 1.165) is 12.0 Å². The summed E-state index contributed by atoms with van der Waals surface area (Å²) in [6.07, 6.45) is 9.95. The molecular formula is C12H24N2. The molecule has 0 amide bonds. The monoisotopic (exact) mass is 196 g/mol. The third-order valence-corrected chi connectivity index (χ3v) is 3.74. The molecule has 0 bridgehead atoms. The molecule has 0 spiro atoms. The summed E-state index contributed by atoms with van der Waals surface area (Å²) in [5.41, 5.74) is 0. The molecule has 2 N–H and O–H groups in total. The molecule has 1 saturated carbocycles. The van der Waals surface area contributed by atoms with Crippen LogP contribution in [0.15, 0.2) is 0 Å². The highest BCUT2D eigenvalue weighted by Gasteiger charge is 2.15. The second-order valence-corrected chi connectivity index (χ2v) is 4.94. The Bertz CT molecular complexity index is 128. The first-order valence-corrected chi connectivity index (χ1v) is 6.39. The fourth-order valence-corrected chi connectivity index (χ4v) is 2.79. The first-order chi connectivity index (χ1) is 6.95. The Hall–Kier alpha value is -0.0800. The van der Waals surface area contributed by atoms with Crippen molar-refractivity contribution in [2.45, 2.75) is 51.0 Å². The van der Waals surface area contributed by atoms with Gasteiger partial charge in [-0.3, -0.25) is 0 Å². The van der Waals surface area contributed by atoms with E-state index in [9.17, 15) is 0 Å². The molecular weight excluding hydrogens is 172 g/mol. The Kier molecular flexibility index (Phi) is 4.26. The molecule has 1 heterocycles. The Morgan fingerprint density at radius 3 is 2.71 bits per heavy atom. The van der Waals surface area contributed by atoms with Crippen molar-refractivity contribution < 1.29 is 0 Å². The first kappa shape index (κ1) is 10.4. The van der Waals surface area contributed by atoms with Crippen LogP contribution in [0.25, 0.3) is 0 Å². The molecule has 0 aromatic carbocycles. The zero-order chi connectivity index (χ0) is 9.64. The van der Waals surface area contributed by atoms with E-state index < -0.39 is 0 Å². The Morgan fingerprint density at radius 1 is 1.14 bits per heavy atom. The second-order valence-electron chi connectivity index (χ2n) is 4.94. The van der Waals surface area contributed by atoms with Crippen LogP contribution in [0.3, 0.4) is 0 Å². The van der Waals surface area contributed by atoms with Gasteiger partial charge in [0.25, 0.3) is 0 Å². The van der Waals surface area contributed by atoms with E-state index in [0.29, 0.717) is 0 Å².